The van der Waals surface area contributed by atoms with Gasteiger partial charge in [-0.05, 0) is 34.7 Å². The Kier molecular flexibility index (Phi) is 5.06. The molecule has 5 nitrogen and oxygen atoms in total. The number of carbonyl (C=O) groups is 1. The molecule has 118 valence electrons. The second kappa shape index (κ2) is 6.46. The van der Waals surface area contributed by atoms with E-state index >= 15 is 0 Å². The Balaban J connectivity index is 2.12. The minimum absolute atomic E-state index is 0.0645. The van der Waals surface area contributed by atoms with Gasteiger partial charge in [-0.25, -0.2) is 8.42 Å². The largest absolute Gasteiger partial charge is 0.321 e. The Morgan fingerprint density at radius 1 is 1.43 bits per heavy atom. The maximum atomic E-state index is 12.5. The molecule has 1 aliphatic heterocycles. The lowest BCUT2D eigenvalue weighted by atomic mass is 10.1. The van der Waals surface area contributed by atoms with Gasteiger partial charge in [0, 0.05) is 12.8 Å². The molecule has 1 N–H and O–H groups in total. The molecule has 2 heterocycles. The first-order valence-electron chi connectivity index (χ1n) is 7.06. The highest BCUT2D eigenvalue weighted by atomic mass is 32.2. The first-order valence-corrected chi connectivity index (χ1v) is 10.1. The molecule has 0 bridgehead atoms. The lowest BCUT2D eigenvalue weighted by Gasteiger charge is -2.23. The van der Waals surface area contributed by atoms with E-state index in [1.54, 1.807) is 16.2 Å². The van der Waals surface area contributed by atoms with Gasteiger partial charge in [-0.15, -0.1) is 0 Å². The standard InChI is InChI=1S/C14H22N2O3S2/c1-10(2)12-14(17)16(6-4-8-21(3,18)19)13(15-12)11-5-7-20-9-11/h5,7,9-10,12-13,15H,4,6,8H2,1-3H3. The number of amides is 1. The van der Waals surface area contributed by atoms with Crippen LogP contribution >= 0.6 is 11.3 Å². The smallest absolute Gasteiger partial charge is 0.241 e. The zero-order chi connectivity index (χ0) is 15.6. The van der Waals surface area contributed by atoms with Crippen molar-refractivity contribution in [1.82, 2.24) is 10.2 Å². The fourth-order valence-corrected chi connectivity index (χ4v) is 3.89. The minimum Gasteiger partial charge on any atom is -0.321 e. The van der Waals surface area contributed by atoms with Crippen molar-refractivity contribution in [2.75, 3.05) is 18.6 Å². The van der Waals surface area contributed by atoms with E-state index in [0.29, 0.717) is 13.0 Å². The Morgan fingerprint density at radius 3 is 2.67 bits per heavy atom. The van der Waals surface area contributed by atoms with Gasteiger partial charge in [0.25, 0.3) is 0 Å². The molecule has 0 radical (unpaired) electrons. The molecule has 21 heavy (non-hydrogen) atoms. The average molecular weight is 330 g/mol. The van der Waals surface area contributed by atoms with Crippen molar-refractivity contribution < 1.29 is 13.2 Å². The van der Waals surface area contributed by atoms with Crippen molar-refractivity contribution in [1.29, 1.82) is 0 Å². The minimum atomic E-state index is -2.99. The van der Waals surface area contributed by atoms with E-state index in [9.17, 15) is 13.2 Å². The third-order valence-electron chi connectivity index (χ3n) is 3.64. The van der Waals surface area contributed by atoms with E-state index in [1.807, 2.05) is 30.7 Å². The van der Waals surface area contributed by atoms with Crippen LogP contribution in [0.25, 0.3) is 0 Å². The lowest BCUT2D eigenvalue weighted by Crippen LogP contribution is -2.35. The highest BCUT2D eigenvalue weighted by Gasteiger charge is 2.40. The molecule has 7 heteroatoms. The molecule has 1 amide bonds. The monoisotopic (exact) mass is 330 g/mol. The molecule has 2 unspecified atom stereocenters. The Labute approximate surface area is 130 Å². The van der Waals surface area contributed by atoms with Crippen molar-refractivity contribution >= 4 is 27.1 Å². The molecule has 1 fully saturated rings. The van der Waals surface area contributed by atoms with Crippen LogP contribution in [0.1, 0.15) is 32.0 Å². The van der Waals surface area contributed by atoms with E-state index < -0.39 is 9.84 Å². The highest BCUT2D eigenvalue weighted by molar-refractivity contribution is 7.90. The van der Waals surface area contributed by atoms with Gasteiger partial charge < -0.3 is 4.90 Å². The number of hydrogen-bond donors (Lipinski definition) is 1. The second-order valence-corrected chi connectivity index (χ2v) is 8.90. The van der Waals surface area contributed by atoms with E-state index in [2.05, 4.69) is 5.32 Å². The molecule has 0 saturated carbocycles. The molecule has 0 spiro atoms. The van der Waals surface area contributed by atoms with E-state index in [1.165, 1.54) is 6.26 Å². The summed E-state index contributed by atoms with van der Waals surface area (Å²) in [5.41, 5.74) is 1.07. The van der Waals surface area contributed by atoms with Crippen LogP contribution < -0.4 is 5.32 Å². The van der Waals surface area contributed by atoms with Gasteiger partial charge in [-0.3, -0.25) is 10.1 Å². The normalized spacial score (nSPS) is 23.2. The Hall–Kier alpha value is -0.920. The fraction of sp³-hybridized carbons (Fsp3) is 0.643. The van der Waals surface area contributed by atoms with E-state index in [4.69, 9.17) is 0 Å². The van der Waals surface area contributed by atoms with Crippen LogP contribution in [0, 0.1) is 5.92 Å². The van der Waals surface area contributed by atoms with Crippen LogP contribution in [-0.2, 0) is 14.6 Å². The molecule has 0 aliphatic carbocycles. The van der Waals surface area contributed by atoms with Crippen LogP contribution in [0.4, 0.5) is 0 Å². The summed E-state index contributed by atoms with van der Waals surface area (Å²) >= 11 is 1.59. The molecule has 0 aromatic carbocycles. The zero-order valence-electron chi connectivity index (χ0n) is 12.6. The highest BCUT2D eigenvalue weighted by Crippen LogP contribution is 2.29. The Bertz CT molecular complexity index is 581. The summed E-state index contributed by atoms with van der Waals surface area (Å²) in [4.78, 5) is 14.3. The van der Waals surface area contributed by atoms with Gasteiger partial charge in [-0.1, -0.05) is 13.8 Å². The fourth-order valence-electron chi connectivity index (χ4n) is 2.56. The van der Waals surface area contributed by atoms with Crippen LogP contribution in [-0.4, -0.2) is 43.8 Å². The molecule has 1 saturated heterocycles. The molecular weight excluding hydrogens is 308 g/mol. The van der Waals surface area contributed by atoms with Gasteiger partial charge in [0.1, 0.15) is 16.0 Å². The number of thiophene rings is 1. The third kappa shape index (κ3) is 4.05. The van der Waals surface area contributed by atoms with Gasteiger partial charge in [0.15, 0.2) is 0 Å². The second-order valence-electron chi connectivity index (χ2n) is 5.86. The first kappa shape index (κ1) is 16.5. The number of hydrogen-bond acceptors (Lipinski definition) is 5. The van der Waals surface area contributed by atoms with Crippen molar-refractivity contribution in [3.8, 4) is 0 Å². The predicted octanol–water partition coefficient (Wildman–Crippen LogP) is 1.64. The first-order chi connectivity index (χ1) is 9.79. The number of sulfone groups is 1. The van der Waals surface area contributed by atoms with Crippen molar-refractivity contribution in [2.24, 2.45) is 5.92 Å². The van der Waals surface area contributed by atoms with Gasteiger partial charge in [0.2, 0.25) is 5.91 Å². The summed E-state index contributed by atoms with van der Waals surface area (Å²) in [5.74, 6) is 0.382. The summed E-state index contributed by atoms with van der Waals surface area (Å²) in [6.07, 6.45) is 1.55. The average Bonchev–Trinajstić information content (AvgIpc) is 2.96. The molecule has 1 aromatic heterocycles. The van der Waals surface area contributed by atoms with Crippen LogP contribution in [0.5, 0.6) is 0 Å². The molecule has 1 aliphatic rings. The zero-order valence-corrected chi connectivity index (χ0v) is 14.2. The molecule has 2 atom stereocenters. The molecule has 1 aromatic rings. The van der Waals surface area contributed by atoms with E-state index in [0.717, 1.165) is 5.56 Å². The summed E-state index contributed by atoms with van der Waals surface area (Å²) in [6.45, 7) is 4.49. The number of rotatable bonds is 6. The predicted molar refractivity (Wildman–Crippen MR) is 84.9 cm³/mol. The number of carbonyl (C=O) groups excluding carboxylic acids is 1. The summed E-state index contributed by atoms with van der Waals surface area (Å²) in [7, 11) is -2.99. The summed E-state index contributed by atoms with van der Waals surface area (Å²) in [6, 6.07) is 1.80. The maximum Gasteiger partial charge on any atom is 0.241 e. The topological polar surface area (TPSA) is 66.5 Å². The SMILES string of the molecule is CC(C)C1NC(c2ccsc2)N(CCCS(C)(=O)=O)C1=O. The van der Waals surface area contributed by atoms with Gasteiger partial charge in [-0.2, -0.15) is 11.3 Å². The lowest BCUT2D eigenvalue weighted by molar-refractivity contribution is -0.130. The van der Waals surface area contributed by atoms with E-state index in [-0.39, 0.29) is 29.8 Å². The third-order valence-corrected chi connectivity index (χ3v) is 5.37. The molecule has 2 rings (SSSR count). The van der Waals surface area contributed by atoms with Crippen molar-refractivity contribution in [3.05, 3.63) is 22.4 Å². The van der Waals surface area contributed by atoms with Crippen LogP contribution in [0.15, 0.2) is 16.8 Å². The molecular formula is C14H22N2O3S2. The Morgan fingerprint density at radius 2 is 2.14 bits per heavy atom. The van der Waals surface area contributed by atoms with Crippen LogP contribution in [0.3, 0.4) is 0 Å². The maximum absolute atomic E-state index is 12.5. The van der Waals surface area contributed by atoms with Crippen LogP contribution in [0.2, 0.25) is 0 Å². The summed E-state index contributed by atoms with van der Waals surface area (Å²) in [5, 5.41) is 7.38. The quantitative estimate of drug-likeness (QED) is 0.861. The number of nitrogens with one attached hydrogen (secondary N) is 1. The van der Waals surface area contributed by atoms with Gasteiger partial charge in [0.05, 0.1) is 11.8 Å². The van der Waals surface area contributed by atoms with Crippen molar-refractivity contribution in [2.45, 2.75) is 32.5 Å². The summed E-state index contributed by atoms with van der Waals surface area (Å²) < 4.78 is 22.5. The van der Waals surface area contributed by atoms with Gasteiger partial charge >= 0.3 is 0 Å². The number of nitrogens with zero attached hydrogens (tertiary/aromatic N) is 1. The van der Waals surface area contributed by atoms with Crippen molar-refractivity contribution in [3.63, 3.8) is 0 Å².